The van der Waals surface area contributed by atoms with E-state index >= 15 is 0 Å². The van der Waals surface area contributed by atoms with Crippen LogP contribution in [0.15, 0.2) is 28.8 Å². The quantitative estimate of drug-likeness (QED) is 0.902. The minimum Gasteiger partial charge on any atom is -0.344 e. The highest BCUT2D eigenvalue weighted by Crippen LogP contribution is 2.20. The van der Waals surface area contributed by atoms with Gasteiger partial charge in [0.2, 0.25) is 17.6 Å². The standard InChI is InChI=1S/C16H19FN4O2/c1-10(19-15(22)12-5-3-7-18-9-12)16-20-14(21-23-16)11-4-2-6-13(17)8-11/h2,4,6,8,10,12,18H,3,5,7,9H2,1H3,(H,19,22). The van der Waals surface area contributed by atoms with E-state index in [1.165, 1.54) is 12.1 Å². The topological polar surface area (TPSA) is 80.0 Å². The van der Waals surface area contributed by atoms with Crippen LogP contribution in [0.1, 0.15) is 31.7 Å². The van der Waals surface area contributed by atoms with Crippen LogP contribution < -0.4 is 10.6 Å². The lowest BCUT2D eigenvalue weighted by atomic mass is 9.98. The van der Waals surface area contributed by atoms with Crippen LogP contribution in [-0.2, 0) is 4.79 Å². The van der Waals surface area contributed by atoms with Crippen molar-refractivity contribution in [1.29, 1.82) is 0 Å². The molecule has 3 rings (SSSR count). The van der Waals surface area contributed by atoms with E-state index in [1.807, 2.05) is 0 Å². The van der Waals surface area contributed by atoms with E-state index in [9.17, 15) is 9.18 Å². The van der Waals surface area contributed by atoms with Crippen LogP contribution in [0.3, 0.4) is 0 Å². The van der Waals surface area contributed by atoms with Gasteiger partial charge in [-0.25, -0.2) is 4.39 Å². The van der Waals surface area contributed by atoms with Crippen LogP contribution in [0, 0.1) is 11.7 Å². The summed E-state index contributed by atoms with van der Waals surface area (Å²) in [5.41, 5.74) is 0.537. The van der Waals surface area contributed by atoms with Crippen LogP contribution in [0.5, 0.6) is 0 Å². The number of amides is 1. The minimum absolute atomic E-state index is 0.0183. The number of nitrogens with one attached hydrogen (secondary N) is 2. The lowest BCUT2D eigenvalue weighted by Gasteiger charge is -2.23. The van der Waals surface area contributed by atoms with Crippen molar-refractivity contribution in [2.75, 3.05) is 13.1 Å². The molecule has 23 heavy (non-hydrogen) atoms. The van der Waals surface area contributed by atoms with Crippen molar-refractivity contribution >= 4 is 5.91 Å². The first-order chi connectivity index (χ1) is 11.1. The Morgan fingerprint density at radius 3 is 3.13 bits per heavy atom. The SMILES string of the molecule is CC(NC(=O)C1CCCNC1)c1nc(-c2cccc(F)c2)no1. The molecule has 2 N–H and O–H groups in total. The second-order valence-electron chi connectivity index (χ2n) is 5.74. The number of hydrogen-bond acceptors (Lipinski definition) is 5. The number of aromatic nitrogens is 2. The van der Waals surface area contributed by atoms with Gasteiger partial charge in [0.25, 0.3) is 0 Å². The van der Waals surface area contributed by atoms with Crippen LogP contribution in [0.25, 0.3) is 11.4 Å². The summed E-state index contributed by atoms with van der Waals surface area (Å²) in [5, 5.41) is 9.96. The number of hydrogen-bond donors (Lipinski definition) is 2. The second kappa shape index (κ2) is 6.87. The molecular formula is C16H19FN4O2. The highest BCUT2D eigenvalue weighted by molar-refractivity contribution is 5.79. The summed E-state index contributed by atoms with van der Waals surface area (Å²) < 4.78 is 18.4. The third kappa shape index (κ3) is 3.73. The number of nitrogens with zero attached hydrogens (tertiary/aromatic N) is 2. The fourth-order valence-corrected chi connectivity index (χ4v) is 2.62. The first-order valence-electron chi connectivity index (χ1n) is 7.74. The molecule has 6 nitrogen and oxygen atoms in total. The number of halogens is 1. The van der Waals surface area contributed by atoms with Crippen molar-refractivity contribution < 1.29 is 13.7 Å². The fraction of sp³-hybridized carbons (Fsp3) is 0.438. The summed E-state index contributed by atoms with van der Waals surface area (Å²) in [6.45, 7) is 3.44. The minimum atomic E-state index is -0.390. The largest absolute Gasteiger partial charge is 0.344 e. The molecule has 1 fully saturated rings. The highest BCUT2D eigenvalue weighted by Gasteiger charge is 2.24. The Morgan fingerprint density at radius 2 is 2.39 bits per heavy atom. The molecule has 2 atom stereocenters. The van der Waals surface area contributed by atoms with Crippen molar-refractivity contribution in [2.24, 2.45) is 5.92 Å². The summed E-state index contributed by atoms with van der Waals surface area (Å²) in [6.07, 6.45) is 1.88. The van der Waals surface area contributed by atoms with Crippen molar-refractivity contribution in [2.45, 2.75) is 25.8 Å². The molecule has 0 bridgehead atoms. The number of benzene rings is 1. The predicted octanol–water partition coefficient (Wildman–Crippen LogP) is 2.05. The second-order valence-corrected chi connectivity index (χ2v) is 5.74. The van der Waals surface area contributed by atoms with E-state index in [4.69, 9.17) is 4.52 Å². The third-order valence-corrected chi connectivity index (χ3v) is 3.92. The first-order valence-corrected chi connectivity index (χ1v) is 7.74. The van der Waals surface area contributed by atoms with Gasteiger partial charge in [-0.15, -0.1) is 0 Å². The maximum absolute atomic E-state index is 13.2. The molecule has 2 aromatic rings. The normalized spacial score (nSPS) is 19.3. The molecule has 2 heterocycles. The molecule has 0 saturated carbocycles. The van der Waals surface area contributed by atoms with Gasteiger partial charge in [0, 0.05) is 12.1 Å². The Balaban J connectivity index is 1.66. The van der Waals surface area contributed by atoms with Crippen molar-refractivity contribution in [1.82, 2.24) is 20.8 Å². The predicted molar refractivity (Wildman–Crippen MR) is 81.8 cm³/mol. The Hall–Kier alpha value is -2.28. The molecule has 0 aliphatic carbocycles. The lowest BCUT2D eigenvalue weighted by Crippen LogP contribution is -2.41. The van der Waals surface area contributed by atoms with Gasteiger partial charge in [-0.05, 0) is 38.4 Å². The monoisotopic (exact) mass is 318 g/mol. The zero-order valence-electron chi connectivity index (χ0n) is 12.9. The summed E-state index contributed by atoms with van der Waals surface area (Å²) in [6, 6.07) is 5.59. The molecule has 1 aromatic heterocycles. The molecule has 1 aromatic carbocycles. The van der Waals surface area contributed by atoms with Crippen LogP contribution in [-0.4, -0.2) is 29.1 Å². The summed E-state index contributed by atoms with van der Waals surface area (Å²) in [5.74, 6) is 0.202. The molecule has 7 heteroatoms. The highest BCUT2D eigenvalue weighted by atomic mass is 19.1. The maximum atomic E-state index is 13.2. The number of rotatable bonds is 4. The van der Waals surface area contributed by atoms with Crippen LogP contribution >= 0.6 is 0 Å². The van der Waals surface area contributed by atoms with Gasteiger partial charge in [0.05, 0.1) is 5.92 Å². The fourth-order valence-electron chi connectivity index (χ4n) is 2.62. The van der Waals surface area contributed by atoms with Gasteiger partial charge in [-0.1, -0.05) is 17.3 Å². The Labute approximate surface area is 133 Å². The van der Waals surface area contributed by atoms with Gasteiger partial charge < -0.3 is 15.2 Å². The zero-order chi connectivity index (χ0) is 16.2. The third-order valence-electron chi connectivity index (χ3n) is 3.92. The Kier molecular flexibility index (Phi) is 4.66. The van der Waals surface area contributed by atoms with E-state index < -0.39 is 0 Å². The molecule has 122 valence electrons. The molecule has 1 aliphatic heterocycles. The molecule has 1 aliphatic rings. The average Bonchev–Trinajstić information content (AvgIpc) is 3.06. The van der Waals surface area contributed by atoms with E-state index in [0.717, 1.165) is 19.4 Å². The molecule has 1 amide bonds. The van der Waals surface area contributed by atoms with E-state index in [2.05, 4.69) is 20.8 Å². The summed E-state index contributed by atoms with van der Waals surface area (Å²) in [4.78, 5) is 16.5. The molecular weight excluding hydrogens is 299 g/mol. The summed E-state index contributed by atoms with van der Waals surface area (Å²) in [7, 11) is 0. The summed E-state index contributed by atoms with van der Waals surface area (Å²) >= 11 is 0. The lowest BCUT2D eigenvalue weighted by molar-refractivity contribution is -0.126. The van der Waals surface area contributed by atoms with Crippen molar-refractivity contribution in [3.05, 3.63) is 36.0 Å². The van der Waals surface area contributed by atoms with Gasteiger partial charge in [-0.3, -0.25) is 4.79 Å². The van der Waals surface area contributed by atoms with Gasteiger partial charge >= 0.3 is 0 Å². The maximum Gasteiger partial charge on any atom is 0.249 e. The van der Waals surface area contributed by atoms with E-state index in [1.54, 1.807) is 19.1 Å². The first kappa shape index (κ1) is 15.6. The Morgan fingerprint density at radius 1 is 1.52 bits per heavy atom. The molecule has 2 unspecified atom stereocenters. The Bertz CT molecular complexity index is 682. The number of carbonyl (C=O) groups is 1. The molecule has 0 spiro atoms. The van der Waals surface area contributed by atoms with Gasteiger partial charge in [-0.2, -0.15) is 4.98 Å². The number of carbonyl (C=O) groups excluding carboxylic acids is 1. The number of piperidine rings is 1. The zero-order valence-corrected chi connectivity index (χ0v) is 12.9. The molecule has 1 saturated heterocycles. The van der Waals surface area contributed by atoms with Crippen LogP contribution in [0.2, 0.25) is 0 Å². The van der Waals surface area contributed by atoms with Crippen LogP contribution in [0.4, 0.5) is 4.39 Å². The van der Waals surface area contributed by atoms with Crippen molar-refractivity contribution in [3.63, 3.8) is 0 Å². The van der Waals surface area contributed by atoms with E-state index in [0.29, 0.717) is 23.8 Å². The van der Waals surface area contributed by atoms with Gasteiger partial charge in [0.1, 0.15) is 11.9 Å². The van der Waals surface area contributed by atoms with E-state index in [-0.39, 0.29) is 23.7 Å². The van der Waals surface area contributed by atoms with Crippen molar-refractivity contribution in [3.8, 4) is 11.4 Å². The smallest absolute Gasteiger partial charge is 0.249 e. The molecule has 0 radical (unpaired) electrons. The average molecular weight is 318 g/mol. The van der Waals surface area contributed by atoms with Gasteiger partial charge in [0.15, 0.2) is 0 Å².